The lowest BCUT2D eigenvalue weighted by atomic mass is 10.1. The summed E-state index contributed by atoms with van der Waals surface area (Å²) in [6.45, 7) is 1.57. The average molecular weight is 667 g/mol. The molecule has 0 saturated carbocycles. The zero-order chi connectivity index (χ0) is 33.4. The summed E-state index contributed by atoms with van der Waals surface area (Å²) in [6, 6.07) is 25.7. The molecule has 0 aliphatic carbocycles. The van der Waals surface area contributed by atoms with E-state index in [1.807, 2.05) is 43.3 Å². The number of nitrogens with zero attached hydrogens (tertiary/aromatic N) is 1. The molecule has 238 valence electrons. The molecule has 0 radical (unpaired) electrons. The number of halogens is 4. The monoisotopic (exact) mass is 666 g/mol. The number of alkyl halides is 3. The van der Waals surface area contributed by atoms with Gasteiger partial charge in [0.25, 0.3) is 11.8 Å². The number of nitrogens with one attached hydrogen (secondary N) is 3. The van der Waals surface area contributed by atoms with E-state index in [0.29, 0.717) is 21.7 Å². The van der Waals surface area contributed by atoms with Crippen LogP contribution in [0.15, 0.2) is 108 Å². The number of thioether (sulfide) groups is 1. The molecule has 0 bridgehead atoms. The average Bonchev–Trinajstić information content (AvgIpc) is 3.02. The molecular formula is C34H30ClF3N4O3S. The van der Waals surface area contributed by atoms with Crippen LogP contribution >= 0.6 is 23.4 Å². The highest BCUT2D eigenvalue weighted by Crippen LogP contribution is 2.37. The van der Waals surface area contributed by atoms with E-state index in [0.717, 1.165) is 29.6 Å². The smallest absolute Gasteiger partial charge is 0.378 e. The van der Waals surface area contributed by atoms with E-state index in [-0.39, 0.29) is 16.4 Å². The molecule has 0 aromatic heterocycles. The summed E-state index contributed by atoms with van der Waals surface area (Å²) in [5.74, 6) is -1.64. The number of rotatable bonds is 10. The summed E-state index contributed by atoms with van der Waals surface area (Å²) in [4.78, 5) is 41.6. The minimum absolute atomic E-state index is 0.0237. The maximum absolute atomic E-state index is 13.4. The summed E-state index contributed by atoms with van der Waals surface area (Å²) in [5.41, 5.74) is 1.07. The van der Waals surface area contributed by atoms with Crippen LogP contribution in [0.4, 0.5) is 30.2 Å². The third-order valence-electron chi connectivity index (χ3n) is 6.59. The SMILES string of the molecule is CC(Sc1ccc(NC(=O)/C(=C/c2ccc(N(C)C)cc2)NC(=O)c2ccccc2)cc1)C(=O)Nc1ccc(Cl)cc1C(F)(F)F. The molecule has 0 saturated heterocycles. The molecule has 3 amide bonds. The van der Waals surface area contributed by atoms with Crippen molar-refractivity contribution in [1.82, 2.24) is 5.32 Å². The van der Waals surface area contributed by atoms with Crippen LogP contribution in [0.25, 0.3) is 6.08 Å². The van der Waals surface area contributed by atoms with E-state index in [4.69, 9.17) is 11.6 Å². The van der Waals surface area contributed by atoms with Gasteiger partial charge in [-0.25, -0.2) is 0 Å². The number of carbonyl (C=O) groups is 3. The van der Waals surface area contributed by atoms with Gasteiger partial charge in [0.1, 0.15) is 5.70 Å². The van der Waals surface area contributed by atoms with Gasteiger partial charge in [0.05, 0.1) is 16.5 Å². The van der Waals surface area contributed by atoms with Gasteiger partial charge in [0, 0.05) is 41.0 Å². The summed E-state index contributed by atoms with van der Waals surface area (Å²) < 4.78 is 40.3. The number of anilines is 3. The second-order valence-corrected chi connectivity index (χ2v) is 12.1. The van der Waals surface area contributed by atoms with Crippen LogP contribution in [-0.4, -0.2) is 37.1 Å². The van der Waals surface area contributed by atoms with Gasteiger partial charge in [-0.2, -0.15) is 13.2 Å². The molecule has 0 aliphatic rings. The van der Waals surface area contributed by atoms with E-state index < -0.39 is 34.7 Å². The first kappa shape index (κ1) is 34.1. The Bertz CT molecular complexity index is 1730. The summed E-state index contributed by atoms with van der Waals surface area (Å²) in [6.07, 6.45) is -3.12. The highest BCUT2D eigenvalue weighted by Gasteiger charge is 2.34. The summed E-state index contributed by atoms with van der Waals surface area (Å²) in [7, 11) is 3.83. The highest BCUT2D eigenvalue weighted by atomic mass is 35.5. The van der Waals surface area contributed by atoms with Crippen molar-refractivity contribution in [3.05, 3.63) is 124 Å². The maximum atomic E-state index is 13.4. The number of hydrogen-bond acceptors (Lipinski definition) is 5. The summed E-state index contributed by atoms with van der Waals surface area (Å²) >= 11 is 6.85. The fourth-order valence-corrected chi connectivity index (χ4v) is 5.18. The van der Waals surface area contributed by atoms with Crippen molar-refractivity contribution in [3.63, 3.8) is 0 Å². The number of amides is 3. The second kappa shape index (κ2) is 15.0. The van der Waals surface area contributed by atoms with Crippen molar-refractivity contribution in [2.75, 3.05) is 29.6 Å². The fourth-order valence-electron chi connectivity index (χ4n) is 4.15. The van der Waals surface area contributed by atoms with Gasteiger partial charge in [-0.3, -0.25) is 14.4 Å². The number of benzene rings is 4. The Morgan fingerprint density at radius 1 is 0.870 bits per heavy atom. The molecule has 0 spiro atoms. The zero-order valence-electron chi connectivity index (χ0n) is 25.0. The zero-order valence-corrected chi connectivity index (χ0v) is 26.6. The van der Waals surface area contributed by atoms with Crippen LogP contribution in [-0.2, 0) is 15.8 Å². The molecule has 0 aliphatic heterocycles. The van der Waals surface area contributed by atoms with Crippen molar-refractivity contribution in [2.24, 2.45) is 0 Å². The Morgan fingerprint density at radius 2 is 1.52 bits per heavy atom. The molecule has 4 aromatic carbocycles. The van der Waals surface area contributed by atoms with Gasteiger partial charge in [-0.05, 0) is 85.3 Å². The third kappa shape index (κ3) is 9.38. The van der Waals surface area contributed by atoms with Crippen molar-refractivity contribution < 1.29 is 27.6 Å². The van der Waals surface area contributed by atoms with Crippen LogP contribution < -0.4 is 20.9 Å². The molecule has 7 nitrogen and oxygen atoms in total. The van der Waals surface area contributed by atoms with E-state index in [2.05, 4.69) is 16.0 Å². The van der Waals surface area contributed by atoms with Crippen LogP contribution in [0, 0.1) is 0 Å². The first-order valence-corrected chi connectivity index (χ1v) is 15.2. The standard InChI is InChI=1S/C34H30ClF3N4O3S/c1-21(31(43)40-29-18-11-24(35)20-28(29)34(36,37)38)46-27-16-12-25(13-17-27)39-33(45)30(41-32(44)23-7-5-4-6-8-23)19-22-9-14-26(15-10-22)42(2)3/h4-21H,1-3H3,(H,39,45)(H,40,43)(H,41,44)/b30-19-. The van der Waals surface area contributed by atoms with Gasteiger partial charge >= 0.3 is 6.18 Å². The Morgan fingerprint density at radius 3 is 2.13 bits per heavy atom. The van der Waals surface area contributed by atoms with Crippen molar-refractivity contribution >= 4 is 64.2 Å². The van der Waals surface area contributed by atoms with Gasteiger partial charge in [-0.15, -0.1) is 11.8 Å². The molecule has 12 heteroatoms. The van der Waals surface area contributed by atoms with Gasteiger partial charge < -0.3 is 20.9 Å². The topological polar surface area (TPSA) is 90.5 Å². The molecule has 0 heterocycles. The predicted octanol–water partition coefficient (Wildman–Crippen LogP) is 7.95. The molecule has 4 rings (SSSR count). The minimum atomic E-state index is -4.69. The second-order valence-electron chi connectivity index (χ2n) is 10.3. The molecule has 1 atom stereocenters. The van der Waals surface area contributed by atoms with Crippen molar-refractivity contribution in [2.45, 2.75) is 23.2 Å². The lowest BCUT2D eigenvalue weighted by Crippen LogP contribution is -2.30. The first-order valence-electron chi connectivity index (χ1n) is 13.9. The lowest BCUT2D eigenvalue weighted by molar-refractivity contribution is -0.137. The van der Waals surface area contributed by atoms with E-state index >= 15 is 0 Å². The van der Waals surface area contributed by atoms with Crippen LogP contribution in [0.1, 0.15) is 28.4 Å². The highest BCUT2D eigenvalue weighted by molar-refractivity contribution is 8.00. The predicted molar refractivity (Wildman–Crippen MR) is 178 cm³/mol. The molecule has 4 aromatic rings. The van der Waals surface area contributed by atoms with E-state index in [1.54, 1.807) is 67.6 Å². The molecule has 0 fully saturated rings. The molecular weight excluding hydrogens is 637 g/mol. The van der Waals surface area contributed by atoms with Gasteiger partial charge in [0.2, 0.25) is 5.91 Å². The molecule has 46 heavy (non-hydrogen) atoms. The van der Waals surface area contributed by atoms with Crippen LogP contribution in [0.5, 0.6) is 0 Å². The largest absolute Gasteiger partial charge is 0.418 e. The Kier molecular flexibility index (Phi) is 11.2. The van der Waals surface area contributed by atoms with E-state index in [9.17, 15) is 27.6 Å². The fraction of sp³-hybridized carbons (Fsp3) is 0.147. The van der Waals surface area contributed by atoms with E-state index in [1.165, 1.54) is 6.07 Å². The summed E-state index contributed by atoms with van der Waals surface area (Å²) in [5, 5.41) is 6.96. The van der Waals surface area contributed by atoms with Crippen LogP contribution in [0.2, 0.25) is 5.02 Å². The normalized spacial score (nSPS) is 12.2. The molecule has 1 unspecified atom stereocenters. The van der Waals surface area contributed by atoms with Gasteiger partial charge in [0.15, 0.2) is 0 Å². The third-order valence-corrected chi connectivity index (χ3v) is 7.94. The van der Waals surface area contributed by atoms with Crippen molar-refractivity contribution in [1.29, 1.82) is 0 Å². The van der Waals surface area contributed by atoms with Crippen LogP contribution in [0.3, 0.4) is 0 Å². The van der Waals surface area contributed by atoms with Gasteiger partial charge in [-0.1, -0.05) is 41.9 Å². The quantitative estimate of drug-likeness (QED) is 0.118. The molecule has 3 N–H and O–H groups in total. The first-order chi connectivity index (χ1) is 21.8. The Balaban J connectivity index is 1.45. The minimum Gasteiger partial charge on any atom is -0.378 e. The maximum Gasteiger partial charge on any atom is 0.418 e. The van der Waals surface area contributed by atoms with Crippen molar-refractivity contribution in [3.8, 4) is 0 Å². The number of carbonyl (C=O) groups excluding carboxylic acids is 3. The Hall–Kier alpha value is -4.74. The number of hydrogen-bond donors (Lipinski definition) is 3. The lowest BCUT2D eigenvalue weighted by Gasteiger charge is -2.17. The Labute approximate surface area is 273 Å².